The lowest BCUT2D eigenvalue weighted by Gasteiger charge is -1.96. The summed E-state index contributed by atoms with van der Waals surface area (Å²) in [7, 11) is 0. The summed E-state index contributed by atoms with van der Waals surface area (Å²) in [5.74, 6) is 2.36. The van der Waals surface area contributed by atoms with E-state index in [9.17, 15) is 0 Å². The Kier molecular flexibility index (Phi) is 9.04. The van der Waals surface area contributed by atoms with Gasteiger partial charge in [-0.05, 0) is 33.9 Å². The minimum absolute atomic E-state index is 0.959. The molecule has 0 aliphatic carbocycles. The molecule has 0 amide bonds. The van der Waals surface area contributed by atoms with Gasteiger partial charge in [-0.3, -0.25) is 0 Å². The van der Waals surface area contributed by atoms with Crippen LogP contribution in [0.2, 0.25) is 0 Å². The molecule has 1 rings (SSSR count). The van der Waals surface area contributed by atoms with Crippen LogP contribution in [-0.4, -0.2) is 16.6 Å². The maximum atomic E-state index is 3.10. The minimum Gasteiger partial charge on any atom is -0.0742 e. The van der Waals surface area contributed by atoms with Crippen molar-refractivity contribution in [3.05, 3.63) is 0 Å². The van der Waals surface area contributed by atoms with Crippen LogP contribution < -0.4 is 0 Å². The fraction of sp³-hybridized carbons (Fsp3) is 0.600. The molecule has 0 N–H and O–H groups in total. The predicted molar refractivity (Wildman–Crippen MR) is 74.4 cm³/mol. The van der Waals surface area contributed by atoms with E-state index >= 15 is 0 Å². The van der Waals surface area contributed by atoms with E-state index in [-0.39, 0.29) is 0 Å². The highest BCUT2D eigenvalue weighted by Crippen LogP contribution is 2.13. The van der Waals surface area contributed by atoms with E-state index in [4.69, 9.17) is 0 Å². The summed E-state index contributed by atoms with van der Waals surface area (Å²) in [6.07, 6.45) is 3.88. The zero-order valence-electron chi connectivity index (χ0n) is 7.88. The summed E-state index contributed by atoms with van der Waals surface area (Å²) in [6, 6.07) is 0. The fourth-order valence-electron chi connectivity index (χ4n) is 0.834. The molecule has 4 heteroatoms. The van der Waals surface area contributed by atoms with E-state index in [1.54, 1.807) is 47.0 Å². The Bertz CT molecular complexity index is 227. The van der Waals surface area contributed by atoms with E-state index < -0.39 is 0 Å². The molecule has 0 aromatic heterocycles. The first-order valence-corrected chi connectivity index (χ1v) is 8.41. The molecule has 0 spiro atoms. The van der Waals surface area contributed by atoms with Crippen LogP contribution in [0.5, 0.6) is 0 Å². The van der Waals surface area contributed by atoms with Crippen LogP contribution in [0.3, 0.4) is 0 Å². The molecule has 1 aliphatic rings. The maximum Gasteiger partial charge on any atom is 0.0639 e. The fourth-order valence-corrected chi connectivity index (χ4v) is 3.38. The van der Waals surface area contributed by atoms with E-state index in [0.29, 0.717) is 0 Å². The Hall–Kier alpha value is 0.520. The van der Waals surface area contributed by atoms with Gasteiger partial charge in [0.2, 0.25) is 0 Å². The summed E-state index contributed by atoms with van der Waals surface area (Å²) in [5.41, 5.74) is 0. The molecule has 0 bridgehead atoms. The highest BCUT2D eigenvalue weighted by Gasteiger charge is 1.90. The normalized spacial score (nSPS) is 19.4. The molecule has 1 aliphatic heterocycles. The second kappa shape index (κ2) is 10.1. The largest absolute Gasteiger partial charge is 0.0742 e. The van der Waals surface area contributed by atoms with Gasteiger partial charge in [0, 0.05) is 11.5 Å². The quantitative estimate of drug-likeness (QED) is 0.606. The van der Waals surface area contributed by atoms with Crippen molar-refractivity contribution in [2.75, 3.05) is 16.6 Å². The first-order chi connectivity index (χ1) is 7.00. The molecule has 0 unspecified atom stereocenters. The van der Waals surface area contributed by atoms with Crippen LogP contribution in [0.1, 0.15) is 19.3 Å². The Labute approximate surface area is 104 Å². The molecule has 0 fully saturated rings. The molecule has 76 valence electrons. The molecular weight excluding hydrogens is 248 g/mol. The molecule has 0 radical (unpaired) electrons. The molecule has 14 heavy (non-hydrogen) atoms. The first kappa shape index (κ1) is 12.6. The summed E-state index contributed by atoms with van der Waals surface area (Å²) < 4.78 is 0. The van der Waals surface area contributed by atoms with Gasteiger partial charge in [0.15, 0.2) is 0 Å². The average molecular weight is 260 g/mol. The third-order valence-corrected chi connectivity index (χ3v) is 4.66. The minimum atomic E-state index is 0.959. The number of rotatable bonds is 0. The number of hydrogen-bond donors (Lipinski definition) is 0. The van der Waals surface area contributed by atoms with E-state index in [1.807, 2.05) is 0 Å². The third kappa shape index (κ3) is 7.88. The van der Waals surface area contributed by atoms with Crippen LogP contribution in [-0.2, 0) is 0 Å². The van der Waals surface area contributed by atoms with Crippen LogP contribution in [0.4, 0.5) is 0 Å². The molecule has 0 aromatic carbocycles. The first-order valence-electron chi connectivity index (χ1n) is 4.47. The van der Waals surface area contributed by atoms with Crippen molar-refractivity contribution in [1.82, 2.24) is 0 Å². The summed E-state index contributed by atoms with van der Waals surface area (Å²) in [5, 5.41) is 13.3. The van der Waals surface area contributed by atoms with Gasteiger partial charge in [-0.1, -0.05) is 53.5 Å². The molecule has 0 saturated carbocycles. The second-order valence-corrected chi connectivity index (χ2v) is 6.30. The highest BCUT2D eigenvalue weighted by atomic mass is 32.2. The summed E-state index contributed by atoms with van der Waals surface area (Å²) in [4.78, 5) is 0. The zero-order valence-corrected chi connectivity index (χ0v) is 11.1. The predicted octanol–water partition coefficient (Wildman–Crippen LogP) is 3.90. The molecule has 0 atom stereocenters. The standard InChI is InChI=1S/C10H12S4/c1-2-4-11-6-8-13-10-14-9-7-12-5-3-1/h1-5,10H2. The maximum absolute atomic E-state index is 3.10. The topological polar surface area (TPSA) is 0 Å². The lowest BCUT2D eigenvalue weighted by molar-refractivity contribution is 0.787. The van der Waals surface area contributed by atoms with Crippen molar-refractivity contribution in [3.63, 3.8) is 0 Å². The molecular formula is C10H12S4. The monoisotopic (exact) mass is 260 g/mol. The third-order valence-electron chi connectivity index (χ3n) is 1.48. The molecule has 0 nitrogen and oxygen atoms in total. The van der Waals surface area contributed by atoms with E-state index in [2.05, 4.69) is 21.0 Å². The van der Waals surface area contributed by atoms with Gasteiger partial charge in [0.05, 0.1) is 5.08 Å². The molecule has 0 aromatic rings. The van der Waals surface area contributed by atoms with Gasteiger partial charge in [-0.2, -0.15) is 0 Å². The van der Waals surface area contributed by atoms with Crippen molar-refractivity contribution in [1.29, 1.82) is 0 Å². The van der Waals surface area contributed by atoms with Crippen LogP contribution in [0.25, 0.3) is 0 Å². The van der Waals surface area contributed by atoms with Crippen molar-refractivity contribution < 1.29 is 0 Å². The van der Waals surface area contributed by atoms with E-state index in [0.717, 1.165) is 5.08 Å². The second-order valence-electron chi connectivity index (χ2n) is 2.57. The van der Waals surface area contributed by atoms with E-state index in [1.165, 1.54) is 30.8 Å². The Morgan fingerprint density at radius 1 is 0.571 bits per heavy atom. The summed E-state index contributed by atoms with van der Waals surface area (Å²) >= 11 is 6.79. The van der Waals surface area contributed by atoms with Crippen molar-refractivity contribution in [3.8, 4) is 21.0 Å². The van der Waals surface area contributed by atoms with Gasteiger partial charge >= 0.3 is 0 Å². The number of thioether (sulfide) groups is 4. The Balaban J connectivity index is 2.22. The molecule has 0 saturated heterocycles. The van der Waals surface area contributed by atoms with Gasteiger partial charge < -0.3 is 0 Å². The summed E-state index contributed by atoms with van der Waals surface area (Å²) in [6.45, 7) is 0. The molecule has 1 heterocycles. The van der Waals surface area contributed by atoms with Crippen LogP contribution in [0.15, 0.2) is 0 Å². The van der Waals surface area contributed by atoms with Crippen LogP contribution in [0, 0.1) is 21.0 Å². The lowest BCUT2D eigenvalue weighted by Crippen LogP contribution is -1.82. The van der Waals surface area contributed by atoms with Crippen molar-refractivity contribution in [2.45, 2.75) is 19.3 Å². The number of hydrogen-bond acceptors (Lipinski definition) is 4. The SMILES string of the molecule is C1#CSCSC#CSCCCCCS1. The average Bonchev–Trinajstić information content (AvgIpc) is 2.22. The van der Waals surface area contributed by atoms with Gasteiger partial charge in [-0.15, -0.1) is 0 Å². The lowest BCUT2D eigenvalue weighted by atomic mass is 10.3. The van der Waals surface area contributed by atoms with Crippen LogP contribution >= 0.6 is 47.0 Å². The van der Waals surface area contributed by atoms with Gasteiger partial charge in [0.1, 0.15) is 0 Å². The Morgan fingerprint density at radius 2 is 1.07 bits per heavy atom. The van der Waals surface area contributed by atoms with Gasteiger partial charge in [-0.25, -0.2) is 0 Å². The van der Waals surface area contributed by atoms with Crippen molar-refractivity contribution >= 4 is 47.0 Å². The van der Waals surface area contributed by atoms with Crippen molar-refractivity contribution in [2.24, 2.45) is 0 Å². The smallest absolute Gasteiger partial charge is 0.0639 e. The Morgan fingerprint density at radius 3 is 1.64 bits per heavy atom. The highest BCUT2D eigenvalue weighted by molar-refractivity contribution is 8.20. The van der Waals surface area contributed by atoms with Gasteiger partial charge in [0.25, 0.3) is 0 Å². The zero-order chi connectivity index (χ0) is 9.90.